The van der Waals surface area contributed by atoms with Crippen LogP contribution in [-0.4, -0.2) is 9.97 Å². The summed E-state index contributed by atoms with van der Waals surface area (Å²) in [5.74, 6) is 0.477. The van der Waals surface area contributed by atoms with Gasteiger partial charge in [0, 0.05) is 12.7 Å². The number of anilines is 1. The average Bonchev–Trinajstić information content (AvgIpc) is 2.38. The SMILES string of the molecule is Cc1ccc(CNc2nccc(C#N)n2)cc1. The second kappa shape index (κ2) is 5.08. The van der Waals surface area contributed by atoms with Crippen LogP contribution in [0.4, 0.5) is 5.95 Å². The molecule has 17 heavy (non-hydrogen) atoms. The molecule has 0 spiro atoms. The normalized spacial score (nSPS) is 9.65. The maximum atomic E-state index is 8.71. The molecule has 0 fully saturated rings. The zero-order valence-corrected chi connectivity index (χ0v) is 9.51. The molecule has 0 aliphatic heterocycles. The monoisotopic (exact) mass is 224 g/mol. The Morgan fingerprint density at radius 3 is 2.71 bits per heavy atom. The number of hydrogen-bond donors (Lipinski definition) is 1. The second-order valence-corrected chi connectivity index (χ2v) is 3.72. The van der Waals surface area contributed by atoms with E-state index in [0.29, 0.717) is 18.2 Å². The highest BCUT2D eigenvalue weighted by Crippen LogP contribution is 2.06. The first-order valence-electron chi connectivity index (χ1n) is 5.30. The van der Waals surface area contributed by atoms with Gasteiger partial charge < -0.3 is 5.32 Å². The zero-order valence-electron chi connectivity index (χ0n) is 9.51. The fraction of sp³-hybridized carbons (Fsp3) is 0.154. The number of aryl methyl sites for hydroxylation is 1. The lowest BCUT2D eigenvalue weighted by molar-refractivity contribution is 1.04. The van der Waals surface area contributed by atoms with Crippen molar-refractivity contribution in [2.24, 2.45) is 0 Å². The van der Waals surface area contributed by atoms with E-state index < -0.39 is 0 Å². The van der Waals surface area contributed by atoms with E-state index in [2.05, 4.69) is 46.5 Å². The van der Waals surface area contributed by atoms with Crippen molar-refractivity contribution >= 4 is 5.95 Å². The highest BCUT2D eigenvalue weighted by atomic mass is 15.1. The molecule has 0 unspecified atom stereocenters. The van der Waals surface area contributed by atoms with Crippen LogP contribution in [0.3, 0.4) is 0 Å². The molecule has 0 bridgehead atoms. The maximum Gasteiger partial charge on any atom is 0.224 e. The van der Waals surface area contributed by atoms with E-state index in [1.165, 1.54) is 5.56 Å². The van der Waals surface area contributed by atoms with Crippen LogP contribution in [0, 0.1) is 18.3 Å². The van der Waals surface area contributed by atoms with Gasteiger partial charge in [-0.3, -0.25) is 0 Å². The maximum absolute atomic E-state index is 8.71. The van der Waals surface area contributed by atoms with Gasteiger partial charge in [-0.25, -0.2) is 9.97 Å². The Kier molecular flexibility index (Phi) is 3.31. The molecule has 0 saturated heterocycles. The van der Waals surface area contributed by atoms with Crippen LogP contribution < -0.4 is 5.32 Å². The topological polar surface area (TPSA) is 61.6 Å². The molecule has 0 aliphatic carbocycles. The first-order chi connectivity index (χ1) is 8.28. The van der Waals surface area contributed by atoms with Gasteiger partial charge in [-0.05, 0) is 18.6 Å². The number of rotatable bonds is 3. The Morgan fingerprint density at radius 2 is 2.00 bits per heavy atom. The zero-order chi connectivity index (χ0) is 12.1. The van der Waals surface area contributed by atoms with Gasteiger partial charge in [-0.2, -0.15) is 5.26 Å². The molecule has 1 heterocycles. The molecule has 4 nitrogen and oxygen atoms in total. The molecule has 1 N–H and O–H groups in total. The van der Waals surface area contributed by atoms with Crippen molar-refractivity contribution in [3.8, 4) is 6.07 Å². The van der Waals surface area contributed by atoms with Gasteiger partial charge in [-0.1, -0.05) is 29.8 Å². The Bertz CT molecular complexity index is 540. The molecule has 4 heteroatoms. The van der Waals surface area contributed by atoms with Crippen LogP contribution in [0.25, 0.3) is 0 Å². The van der Waals surface area contributed by atoms with Gasteiger partial charge in [0.05, 0.1) is 0 Å². The number of nitriles is 1. The number of hydrogen-bond acceptors (Lipinski definition) is 4. The molecular weight excluding hydrogens is 212 g/mol. The minimum atomic E-state index is 0.367. The molecule has 1 aromatic heterocycles. The molecule has 0 amide bonds. The summed E-state index contributed by atoms with van der Waals surface area (Å²) in [7, 11) is 0. The van der Waals surface area contributed by atoms with Gasteiger partial charge in [-0.15, -0.1) is 0 Å². The fourth-order valence-corrected chi connectivity index (χ4v) is 1.39. The van der Waals surface area contributed by atoms with Crippen molar-refractivity contribution in [3.05, 3.63) is 53.3 Å². The summed E-state index contributed by atoms with van der Waals surface area (Å²) in [5, 5.41) is 11.8. The standard InChI is InChI=1S/C13H12N4/c1-10-2-4-11(5-3-10)9-16-13-15-7-6-12(8-14)17-13/h2-7H,9H2,1H3,(H,15,16,17). The predicted molar refractivity (Wildman–Crippen MR) is 65.3 cm³/mol. The van der Waals surface area contributed by atoms with Crippen LogP contribution in [-0.2, 0) is 6.54 Å². The van der Waals surface area contributed by atoms with E-state index in [1.807, 2.05) is 6.07 Å². The number of benzene rings is 1. The van der Waals surface area contributed by atoms with Crippen molar-refractivity contribution in [2.45, 2.75) is 13.5 Å². The van der Waals surface area contributed by atoms with Crippen molar-refractivity contribution in [1.82, 2.24) is 9.97 Å². The third-order valence-electron chi connectivity index (χ3n) is 2.34. The summed E-state index contributed by atoms with van der Waals surface area (Å²) in [4.78, 5) is 8.09. The summed E-state index contributed by atoms with van der Waals surface area (Å²) >= 11 is 0. The molecule has 2 aromatic rings. The Hall–Kier alpha value is -2.41. The predicted octanol–water partition coefficient (Wildman–Crippen LogP) is 2.27. The Labute approximate surface area is 100.0 Å². The molecule has 84 valence electrons. The van der Waals surface area contributed by atoms with E-state index in [4.69, 9.17) is 5.26 Å². The fourth-order valence-electron chi connectivity index (χ4n) is 1.39. The average molecular weight is 224 g/mol. The molecule has 0 radical (unpaired) electrons. The van der Waals surface area contributed by atoms with E-state index in [0.717, 1.165) is 5.56 Å². The largest absolute Gasteiger partial charge is 0.350 e. The first kappa shape index (κ1) is 11.1. The third kappa shape index (κ3) is 3.02. The second-order valence-electron chi connectivity index (χ2n) is 3.72. The van der Waals surface area contributed by atoms with Crippen molar-refractivity contribution in [3.63, 3.8) is 0 Å². The van der Waals surface area contributed by atoms with Gasteiger partial charge >= 0.3 is 0 Å². The van der Waals surface area contributed by atoms with E-state index in [9.17, 15) is 0 Å². The third-order valence-corrected chi connectivity index (χ3v) is 2.34. The smallest absolute Gasteiger partial charge is 0.224 e. The van der Waals surface area contributed by atoms with E-state index >= 15 is 0 Å². The number of nitrogens with zero attached hydrogens (tertiary/aromatic N) is 3. The molecule has 2 rings (SSSR count). The summed E-state index contributed by atoms with van der Waals surface area (Å²) < 4.78 is 0. The molecule has 0 saturated carbocycles. The lowest BCUT2D eigenvalue weighted by Gasteiger charge is -2.04. The summed E-state index contributed by atoms with van der Waals surface area (Å²) in [5.41, 5.74) is 2.75. The molecule has 0 atom stereocenters. The van der Waals surface area contributed by atoms with Crippen LogP contribution >= 0.6 is 0 Å². The number of nitrogens with one attached hydrogen (secondary N) is 1. The summed E-state index contributed by atoms with van der Waals surface area (Å²) in [6.45, 7) is 2.70. The minimum Gasteiger partial charge on any atom is -0.350 e. The Morgan fingerprint density at radius 1 is 1.24 bits per heavy atom. The Balaban J connectivity index is 2.02. The summed E-state index contributed by atoms with van der Waals surface area (Å²) in [6, 6.07) is 11.8. The highest BCUT2D eigenvalue weighted by molar-refractivity contribution is 5.32. The number of aromatic nitrogens is 2. The lowest BCUT2D eigenvalue weighted by atomic mass is 10.1. The first-order valence-corrected chi connectivity index (χ1v) is 5.30. The highest BCUT2D eigenvalue weighted by Gasteiger charge is 1.98. The van der Waals surface area contributed by atoms with Gasteiger partial charge in [0.25, 0.3) is 0 Å². The van der Waals surface area contributed by atoms with Gasteiger partial charge in [0.15, 0.2) is 0 Å². The van der Waals surface area contributed by atoms with Crippen molar-refractivity contribution in [2.75, 3.05) is 5.32 Å². The molecule has 1 aromatic carbocycles. The quantitative estimate of drug-likeness (QED) is 0.868. The van der Waals surface area contributed by atoms with Gasteiger partial charge in [0.2, 0.25) is 5.95 Å². The van der Waals surface area contributed by atoms with Crippen LogP contribution in [0.1, 0.15) is 16.8 Å². The summed E-state index contributed by atoms with van der Waals surface area (Å²) in [6.07, 6.45) is 1.57. The molecule has 0 aliphatic rings. The van der Waals surface area contributed by atoms with Crippen molar-refractivity contribution < 1.29 is 0 Å². The van der Waals surface area contributed by atoms with E-state index in [1.54, 1.807) is 12.3 Å². The van der Waals surface area contributed by atoms with Crippen LogP contribution in [0.15, 0.2) is 36.5 Å². The van der Waals surface area contributed by atoms with E-state index in [-0.39, 0.29) is 0 Å². The van der Waals surface area contributed by atoms with Crippen molar-refractivity contribution in [1.29, 1.82) is 5.26 Å². The lowest BCUT2D eigenvalue weighted by Crippen LogP contribution is -2.04. The minimum absolute atomic E-state index is 0.367. The molecular formula is C13H12N4. The van der Waals surface area contributed by atoms with Crippen LogP contribution in [0.5, 0.6) is 0 Å². The van der Waals surface area contributed by atoms with Gasteiger partial charge in [0.1, 0.15) is 11.8 Å². The van der Waals surface area contributed by atoms with Crippen LogP contribution in [0.2, 0.25) is 0 Å².